The highest BCUT2D eigenvalue weighted by molar-refractivity contribution is 6.30. The summed E-state index contributed by atoms with van der Waals surface area (Å²) in [6, 6.07) is 12.9. The largest absolute Gasteiger partial charge is 0.384 e. The molecule has 0 aliphatic carbocycles. The summed E-state index contributed by atoms with van der Waals surface area (Å²) < 4.78 is 0. The van der Waals surface area contributed by atoms with E-state index in [0.717, 1.165) is 22.2 Å². The molecule has 4 aromatic rings. The van der Waals surface area contributed by atoms with Gasteiger partial charge < -0.3 is 11.1 Å². The van der Waals surface area contributed by atoms with E-state index in [4.69, 9.17) is 22.3 Å². The number of hydrogen-bond acceptors (Lipinski definition) is 6. The lowest BCUT2D eigenvalue weighted by Crippen LogP contribution is -2.02. The smallest absolute Gasteiger partial charge is 0.167 e. The Morgan fingerprint density at radius 2 is 1.92 bits per heavy atom. The molecule has 128 valence electrons. The van der Waals surface area contributed by atoms with Gasteiger partial charge in [0.1, 0.15) is 11.6 Å². The Morgan fingerprint density at radius 1 is 1.04 bits per heavy atom. The number of nitrogens with two attached hydrogens (primary N) is 1. The van der Waals surface area contributed by atoms with Crippen LogP contribution >= 0.6 is 11.6 Å². The fraction of sp³-hybridized carbons (Fsp3) is 0.0526. The molecule has 1 aromatic carbocycles. The van der Waals surface area contributed by atoms with Crippen LogP contribution in [0.1, 0.15) is 5.56 Å². The minimum absolute atomic E-state index is 0.402. The van der Waals surface area contributed by atoms with Crippen molar-refractivity contribution in [3.8, 4) is 11.4 Å². The van der Waals surface area contributed by atoms with Crippen molar-refractivity contribution in [3.05, 3.63) is 65.4 Å². The zero-order valence-electron chi connectivity index (χ0n) is 13.9. The molecule has 0 aliphatic rings. The van der Waals surface area contributed by atoms with E-state index in [-0.39, 0.29) is 0 Å². The number of anilines is 3. The van der Waals surface area contributed by atoms with Crippen molar-refractivity contribution in [1.29, 1.82) is 0 Å². The summed E-state index contributed by atoms with van der Waals surface area (Å²) in [6.45, 7) is 1.98. The zero-order valence-corrected chi connectivity index (χ0v) is 14.7. The van der Waals surface area contributed by atoms with Crippen molar-refractivity contribution < 1.29 is 0 Å². The number of rotatable bonds is 3. The van der Waals surface area contributed by atoms with E-state index in [1.54, 1.807) is 18.5 Å². The van der Waals surface area contributed by atoms with E-state index >= 15 is 0 Å². The maximum atomic E-state index is 6.11. The molecular formula is C19H15ClN6. The Balaban J connectivity index is 1.91. The van der Waals surface area contributed by atoms with Crippen LogP contribution in [0.15, 0.2) is 54.9 Å². The number of nitrogen functional groups attached to an aromatic ring is 1. The Hall–Kier alpha value is -3.25. The quantitative estimate of drug-likeness (QED) is 0.562. The summed E-state index contributed by atoms with van der Waals surface area (Å²) in [5, 5.41) is 4.75. The number of halogens is 1. The average Bonchev–Trinajstić information content (AvgIpc) is 2.63. The molecule has 7 heteroatoms. The predicted molar refractivity (Wildman–Crippen MR) is 104 cm³/mol. The molecule has 26 heavy (non-hydrogen) atoms. The maximum absolute atomic E-state index is 6.11. The second-order valence-corrected chi connectivity index (χ2v) is 6.27. The number of nitrogens with one attached hydrogen (secondary N) is 1. The van der Waals surface area contributed by atoms with Gasteiger partial charge in [0.15, 0.2) is 11.5 Å². The van der Waals surface area contributed by atoms with Crippen LogP contribution in [0.5, 0.6) is 0 Å². The van der Waals surface area contributed by atoms with Crippen molar-refractivity contribution in [3.63, 3.8) is 0 Å². The molecule has 0 saturated carbocycles. The Bertz CT molecular complexity index is 1110. The first-order valence-electron chi connectivity index (χ1n) is 7.98. The van der Waals surface area contributed by atoms with Crippen LogP contribution in [0.3, 0.4) is 0 Å². The van der Waals surface area contributed by atoms with E-state index in [2.05, 4.69) is 20.3 Å². The summed E-state index contributed by atoms with van der Waals surface area (Å²) in [4.78, 5) is 17.7. The van der Waals surface area contributed by atoms with Gasteiger partial charge in [-0.05, 0) is 42.8 Å². The van der Waals surface area contributed by atoms with E-state index < -0.39 is 0 Å². The van der Waals surface area contributed by atoms with Gasteiger partial charge >= 0.3 is 0 Å². The molecule has 0 saturated heterocycles. The first-order valence-corrected chi connectivity index (χ1v) is 8.36. The molecule has 4 rings (SSSR count). The third kappa shape index (κ3) is 3.14. The molecule has 3 N–H and O–H groups in total. The van der Waals surface area contributed by atoms with E-state index in [1.807, 2.05) is 43.3 Å². The molecule has 6 nitrogen and oxygen atoms in total. The van der Waals surface area contributed by atoms with Gasteiger partial charge in [-0.15, -0.1) is 0 Å². The summed E-state index contributed by atoms with van der Waals surface area (Å²) >= 11 is 6.11. The second kappa shape index (κ2) is 6.57. The normalized spacial score (nSPS) is 10.8. The Labute approximate surface area is 155 Å². The molecule has 0 radical (unpaired) electrons. The monoisotopic (exact) mass is 362 g/mol. The van der Waals surface area contributed by atoms with Crippen LogP contribution in [-0.2, 0) is 0 Å². The van der Waals surface area contributed by atoms with E-state index in [0.29, 0.717) is 28.1 Å². The lowest BCUT2D eigenvalue weighted by molar-refractivity contribution is 1.18. The zero-order chi connectivity index (χ0) is 18.1. The Kier molecular flexibility index (Phi) is 4.10. The van der Waals surface area contributed by atoms with Gasteiger partial charge in [0, 0.05) is 28.7 Å². The lowest BCUT2D eigenvalue weighted by atomic mass is 10.2. The summed E-state index contributed by atoms with van der Waals surface area (Å²) in [5.74, 6) is 1.57. The summed E-state index contributed by atoms with van der Waals surface area (Å²) in [7, 11) is 0. The highest BCUT2D eigenvalue weighted by Gasteiger charge is 2.12. The van der Waals surface area contributed by atoms with Gasteiger partial charge in [-0.25, -0.2) is 15.0 Å². The fourth-order valence-corrected chi connectivity index (χ4v) is 2.81. The molecular weight excluding hydrogens is 348 g/mol. The topological polar surface area (TPSA) is 89.6 Å². The van der Waals surface area contributed by atoms with Gasteiger partial charge in [-0.3, -0.25) is 4.98 Å². The highest BCUT2D eigenvalue weighted by Crippen LogP contribution is 2.28. The summed E-state index contributed by atoms with van der Waals surface area (Å²) in [5.41, 5.74) is 9.08. The summed E-state index contributed by atoms with van der Waals surface area (Å²) in [6.07, 6.45) is 3.52. The molecule has 0 atom stereocenters. The van der Waals surface area contributed by atoms with Gasteiger partial charge in [-0.2, -0.15) is 0 Å². The van der Waals surface area contributed by atoms with Crippen LogP contribution < -0.4 is 11.1 Å². The van der Waals surface area contributed by atoms with Crippen LogP contribution in [0.4, 0.5) is 17.3 Å². The maximum Gasteiger partial charge on any atom is 0.167 e. The Morgan fingerprint density at radius 3 is 2.73 bits per heavy atom. The number of aryl methyl sites for hydroxylation is 1. The van der Waals surface area contributed by atoms with E-state index in [9.17, 15) is 0 Å². The minimum Gasteiger partial charge on any atom is -0.384 e. The highest BCUT2D eigenvalue weighted by atomic mass is 35.5. The third-order valence-corrected chi connectivity index (χ3v) is 4.17. The van der Waals surface area contributed by atoms with Crippen molar-refractivity contribution in [2.45, 2.75) is 6.92 Å². The van der Waals surface area contributed by atoms with Crippen LogP contribution in [0.2, 0.25) is 5.02 Å². The number of nitrogens with zero attached hydrogens (tertiary/aromatic N) is 4. The van der Waals surface area contributed by atoms with Crippen molar-refractivity contribution in [2.75, 3.05) is 11.1 Å². The van der Waals surface area contributed by atoms with Crippen molar-refractivity contribution >= 4 is 40.0 Å². The lowest BCUT2D eigenvalue weighted by Gasteiger charge is -2.12. The molecule has 0 fully saturated rings. The van der Waals surface area contributed by atoms with Gasteiger partial charge in [0.05, 0.1) is 5.39 Å². The fourth-order valence-electron chi connectivity index (χ4n) is 2.62. The molecule has 3 aromatic heterocycles. The minimum atomic E-state index is 0.402. The average molecular weight is 363 g/mol. The van der Waals surface area contributed by atoms with Gasteiger partial charge in [-0.1, -0.05) is 23.7 Å². The molecule has 0 aliphatic heterocycles. The molecule has 0 unspecified atom stereocenters. The molecule has 0 bridgehead atoms. The predicted octanol–water partition coefficient (Wildman–Crippen LogP) is 4.37. The SMILES string of the molecule is Cc1cnccc1Nc1nc(-c2cccc(Cl)c2)nc2nc(N)ccc12. The van der Waals surface area contributed by atoms with Crippen molar-refractivity contribution in [1.82, 2.24) is 19.9 Å². The molecule has 3 heterocycles. The standard InChI is InChI=1S/C19H15ClN6/c1-11-10-22-8-7-15(11)23-18-14-5-6-16(21)24-19(14)26-17(25-18)12-3-2-4-13(20)9-12/h2-10H,1H3,(H3,21,22,23,24,25,26). The van der Waals surface area contributed by atoms with E-state index in [1.165, 1.54) is 0 Å². The van der Waals surface area contributed by atoms with Crippen molar-refractivity contribution in [2.24, 2.45) is 0 Å². The number of aromatic nitrogens is 4. The number of benzene rings is 1. The van der Waals surface area contributed by atoms with Gasteiger partial charge in [0.2, 0.25) is 0 Å². The molecule has 0 amide bonds. The number of fused-ring (bicyclic) bond motifs is 1. The number of hydrogen-bond donors (Lipinski definition) is 2. The van der Waals surface area contributed by atoms with Crippen LogP contribution in [0, 0.1) is 6.92 Å². The first-order chi connectivity index (χ1) is 12.6. The first kappa shape index (κ1) is 16.2. The second-order valence-electron chi connectivity index (χ2n) is 5.83. The van der Waals surface area contributed by atoms with Crippen LogP contribution in [0.25, 0.3) is 22.4 Å². The molecule has 0 spiro atoms. The van der Waals surface area contributed by atoms with Crippen LogP contribution in [-0.4, -0.2) is 19.9 Å². The third-order valence-electron chi connectivity index (χ3n) is 3.94. The number of pyridine rings is 2. The van der Waals surface area contributed by atoms with Gasteiger partial charge in [0.25, 0.3) is 0 Å².